The van der Waals surface area contributed by atoms with Crippen molar-refractivity contribution in [2.75, 3.05) is 33.7 Å². The van der Waals surface area contributed by atoms with Crippen molar-refractivity contribution in [2.24, 2.45) is 0 Å². The van der Waals surface area contributed by atoms with Crippen LogP contribution in [0.2, 0.25) is 0 Å². The van der Waals surface area contributed by atoms with Crippen LogP contribution in [0.1, 0.15) is 27.7 Å². The van der Waals surface area contributed by atoms with Crippen molar-refractivity contribution < 1.29 is 37.9 Å². The predicted octanol–water partition coefficient (Wildman–Crippen LogP) is 1.02. The topological polar surface area (TPSA) is 73.8 Å². The molecular formula is C16H28O8. The normalized spacial score (nSPS) is 40.1. The maximum Gasteiger partial charge on any atom is 0.190 e. The first kappa shape index (κ1) is 18.5. The highest BCUT2D eigenvalue weighted by Crippen LogP contribution is 2.41. The molecule has 0 aromatic rings. The predicted molar refractivity (Wildman–Crippen MR) is 81.2 cm³/mol. The Labute approximate surface area is 142 Å². The first-order valence-electron chi connectivity index (χ1n) is 8.32. The van der Waals surface area contributed by atoms with E-state index < -0.39 is 17.9 Å². The monoisotopic (exact) mass is 348 g/mol. The van der Waals surface area contributed by atoms with Crippen molar-refractivity contribution in [2.45, 2.75) is 70.0 Å². The summed E-state index contributed by atoms with van der Waals surface area (Å²) in [7, 11) is 1.63. The van der Waals surface area contributed by atoms with Crippen molar-refractivity contribution in [3.8, 4) is 0 Å². The highest BCUT2D eigenvalue weighted by Gasteiger charge is 2.58. The molecule has 3 rings (SSSR count). The molecule has 24 heavy (non-hydrogen) atoms. The Morgan fingerprint density at radius 3 is 2.42 bits per heavy atom. The molecule has 3 aliphatic rings. The van der Waals surface area contributed by atoms with Crippen LogP contribution >= 0.6 is 0 Å². The third-order valence-electron chi connectivity index (χ3n) is 4.20. The zero-order chi connectivity index (χ0) is 17.4. The molecule has 3 saturated heterocycles. The summed E-state index contributed by atoms with van der Waals surface area (Å²) in [4.78, 5) is 0. The van der Waals surface area contributed by atoms with Gasteiger partial charge in [0.25, 0.3) is 0 Å². The van der Waals surface area contributed by atoms with Gasteiger partial charge in [0.1, 0.15) is 31.2 Å². The first-order valence-corrected chi connectivity index (χ1v) is 8.32. The second-order valence-electron chi connectivity index (χ2n) is 7.09. The second-order valence-corrected chi connectivity index (χ2v) is 7.09. The summed E-state index contributed by atoms with van der Waals surface area (Å²) in [6.07, 6.45) is -1.76. The van der Waals surface area contributed by atoms with Gasteiger partial charge in [-0.1, -0.05) is 0 Å². The highest BCUT2D eigenvalue weighted by molar-refractivity contribution is 4.98. The van der Waals surface area contributed by atoms with E-state index in [0.29, 0.717) is 19.8 Å². The molecule has 3 fully saturated rings. The van der Waals surface area contributed by atoms with E-state index in [1.165, 1.54) is 0 Å². The van der Waals surface area contributed by atoms with E-state index in [-0.39, 0.29) is 31.2 Å². The van der Waals surface area contributed by atoms with Gasteiger partial charge in [-0.15, -0.1) is 0 Å². The average molecular weight is 348 g/mol. The number of methoxy groups -OCH3 is 1. The molecular weight excluding hydrogens is 320 g/mol. The van der Waals surface area contributed by atoms with Gasteiger partial charge in [0.15, 0.2) is 17.9 Å². The van der Waals surface area contributed by atoms with Gasteiger partial charge in [0.05, 0.1) is 19.8 Å². The van der Waals surface area contributed by atoms with Crippen molar-refractivity contribution in [1.29, 1.82) is 0 Å². The van der Waals surface area contributed by atoms with Gasteiger partial charge < -0.3 is 37.9 Å². The lowest BCUT2D eigenvalue weighted by atomic mass is 10.1. The minimum Gasteiger partial charge on any atom is -0.382 e. The number of ether oxygens (including phenoxy) is 8. The largest absolute Gasteiger partial charge is 0.382 e. The molecule has 140 valence electrons. The van der Waals surface area contributed by atoms with Crippen molar-refractivity contribution in [1.82, 2.24) is 0 Å². The van der Waals surface area contributed by atoms with Gasteiger partial charge in [-0.05, 0) is 27.7 Å². The molecule has 0 radical (unpaired) electrons. The molecule has 0 spiro atoms. The molecule has 0 amide bonds. The Bertz CT molecular complexity index is 426. The fourth-order valence-electron chi connectivity index (χ4n) is 3.20. The average Bonchev–Trinajstić information content (AvgIpc) is 3.09. The van der Waals surface area contributed by atoms with Crippen LogP contribution in [0.15, 0.2) is 0 Å². The Morgan fingerprint density at radius 1 is 0.958 bits per heavy atom. The number of rotatable bonds is 7. The van der Waals surface area contributed by atoms with Crippen molar-refractivity contribution in [3.05, 3.63) is 0 Å². The Balaban J connectivity index is 1.62. The van der Waals surface area contributed by atoms with Crippen LogP contribution in [-0.2, 0) is 37.9 Å². The zero-order valence-corrected chi connectivity index (χ0v) is 15.0. The summed E-state index contributed by atoms with van der Waals surface area (Å²) in [6.45, 7) is 9.00. The van der Waals surface area contributed by atoms with Gasteiger partial charge in [0.2, 0.25) is 0 Å². The Hall–Kier alpha value is -0.320. The molecule has 0 aromatic carbocycles. The van der Waals surface area contributed by atoms with Gasteiger partial charge in [-0.2, -0.15) is 0 Å². The second kappa shape index (κ2) is 7.13. The van der Waals surface area contributed by atoms with E-state index in [0.717, 1.165) is 0 Å². The summed E-state index contributed by atoms with van der Waals surface area (Å²) in [6, 6.07) is 0. The third-order valence-corrected chi connectivity index (χ3v) is 4.20. The molecule has 5 atom stereocenters. The Kier molecular flexibility index (Phi) is 5.48. The molecule has 0 N–H and O–H groups in total. The van der Waals surface area contributed by atoms with E-state index >= 15 is 0 Å². The van der Waals surface area contributed by atoms with Crippen LogP contribution in [0.4, 0.5) is 0 Å². The van der Waals surface area contributed by atoms with Crippen LogP contribution in [0.3, 0.4) is 0 Å². The quantitative estimate of drug-likeness (QED) is 0.499. The lowest BCUT2D eigenvalue weighted by molar-refractivity contribution is -0.242. The molecule has 0 aromatic heterocycles. The standard InChI is InChI=1S/C16H28O8/c1-15(2)20-8-10(22-15)11-12(19-9-18-7-6-17-5)13-14(21-11)24-16(3,4)23-13/h10-14H,6-9H2,1-5H3/t10-,11-,12+,13-,14-/m1/s1. The zero-order valence-electron chi connectivity index (χ0n) is 15.0. The molecule has 0 saturated carbocycles. The van der Waals surface area contributed by atoms with E-state index in [1.54, 1.807) is 7.11 Å². The van der Waals surface area contributed by atoms with E-state index in [9.17, 15) is 0 Å². The minimum absolute atomic E-state index is 0.123. The maximum absolute atomic E-state index is 6.03. The molecule has 0 aliphatic carbocycles. The summed E-state index contributed by atoms with van der Waals surface area (Å²) >= 11 is 0. The minimum atomic E-state index is -0.703. The summed E-state index contributed by atoms with van der Waals surface area (Å²) < 4.78 is 45.6. The number of hydrogen-bond acceptors (Lipinski definition) is 8. The fraction of sp³-hybridized carbons (Fsp3) is 1.00. The maximum atomic E-state index is 6.03. The van der Waals surface area contributed by atoms with Gasteiger partial charge in [-0.3, -0.25) is 0 Å². The van der Waals surface area contributed by atoms with E-state index in [4.69, 9.17) is 37.9 Å². The fourth-order valence-corrected chi connectivity index (χ4v) is 3.20. The SMILES string of the molecule is COCCOCO[C@@H]1[C@H]2OC(C)(C)O[C@H]2O[C@@H]1[C@H]1COC(C)(C)O1. The van der Waals surface area contributed by atoms with Gasteiger partial charge in [-0.25, -0.2) is 0 Å². The summed E-state index contributed by atoms with van der Waals surface area (Å²) in [5.41, 5.74) is 0. The lowest BCUT2D eigenvalue weighted by Gasteiger charge is -2.28. The first-order chi connectivity index (χ1) is 11.3. The highest BCUT2D eigenvalue weighted by atomic mass is 16.9. The Morgan fingerprint density at radius 2 is 1.75 bits per heavy atom. The van der Waals surface area contributed by atoms with Crippen molar-refractivity contribution in [3.63, 3.8) is 0 Å². The van der Waals surface area contributed by atoms with Crippen LogP contribution in [0, 0.1) is 0 Å². The van der Waals surface area contributed by atoms with E-state index in [2.05, 4.69) is 0 Å². The van der Waals surface area contributed by atoms with Gasteiger partial charge in [0, 0.05) is 7.11 Å². The smallest absolute Gasteiger partial charge is 0.190 e. The number of hydrogen-bond donors (Lipinski definition) is 0. The van der Waals surface area contributed by atoms with Gasteiger partial charge >= 0.3 is 0 Å². The molecule has 3 heterocycles. The third kappa shape index (κ3) is 4.08. The van der Waals surface area contributed by atoms with Crippen LogP contribution in [-0.4, -0.2) is 76.0 Å². The summed E-state index contributed by atoms with van der Waals surface area (Å²) in [5.74, 6) is -1.34. The molecule has 3 aliphatic heterocycles. The number of fused-ring (bicyclic) bond motifs is 1. The lowest BCUT2D eigenvalue weighted by Crippen LogP contribution is -2.44. The summed E-state index contributed by atoms with van der Waals surface area (Å²) in [5, 5.41) is 0. The molecule has 0 unspecified atom stereocenters. The van der Waals surface area contributed by atoms with E-state index in [1.807, 2.05) is 27.7 Å². The molecule has 0 bridgehead atoms. The van der Waals surface area contributed by atoms with Crippen molar-refractivity contribution >= 4 is 0 Å². The van der Waals surface area contributed by atoms with Crippen LogP contribution in [0.5, 0.6) is 0 Å². The van der Waals surface area contributed by atoms with Crippen LogP contribution in [0.25, 0.3) is 0 Å². The van der Waals surface area contributed by atoms with Crippen LogP contribution < -0.4 is 0 Å². The molecule has 8 heteroatoms. The molecule has 8 nitrogen and oxygen atoms in total.